The summed E-state index contributed by atoms with van der Waals surface area (Å²) < 4.78 is 6.23. The summed E-state index contributed by atoms with van der Waals surface area (Å²) >= 11 is 3.55. The van der Waals surface area contributed by atoms with E-state index in [2.05, 4.69) is 36.4 Å². The van der Waals surface area contributed by atoms with E-state index >= 15 is 0 Å². The Bertz CT molecular complexity index is 928. The van der Waals surface area contributed by atoms with Crippen molar-refractivity contribution < 1.29 is 19.4 Å². The van der Waals surface area contributed by atoms with Gasteiger partial charge in [-0.05, 0) is 36.1 Å². The van der Waals surface area contributed by atoms with Crippen molar-refractivity contribution in [3.05, 3.63) is 64.4 Å². The zero-order valence-corrected chi connectivity index (χ0v) is 20.5. The van der Waals surface area contributed by atoms with Crippen LogP contribution >= 0.6 is 15.9 Å². The lowest BCUT2D eigenvalue weighted by Crippen LogP contribution is -2.53. The summed E-state index contributed by atoms with van der Waals surface area (Å²) in [5, 5.41) is 16.1. The number of carbonyl (C=O) groups is 2. The lowest BCUT2D eigenvalue weighted by atomic mass is 10.0. The number of carbonyl (C=O) groups excluding carboxylic acids is 2. The maximum absolute atomic E-state index is 13.0. The summed E-state index contributed by atoms with van der Waals surface area (Å²) in [6.07, 6.45) is 0.711. The SMILES string of the molecule is CC(C)C[C@H](NC(=O)OCc1ccccn1)C(=O)NC1CN(Cc2ccccc2Br)CC1O. The van der Waals surface area contributed by atoms with Crippen molar-refractivity contribution in [2.75, 3.05) is 13.1 Å². The summed E-state index contributed by atoms with van der Waals surface area (Å²) in [6, 6.07) is 12.1. The molecule has 2 aromatic rings. The van der Waals surface area contributed by atoms with Crippen molar-refractivity contribution in [3.8, 4) is 0 Å². The first-order valence-corrected chi connectivity index (χ1v) is 11.9. The number of amides is 2. The number of nitrogens with zero attached hydrogens (tertiary/aromatic N) is 2. The van der Waals surface area contributed by atoms with Gasteiger partial charge in [-0.3, -0.25) is 14.7 Å². The van der Waals surface area contributed by atoms with Crippen LogP contribution in [0.1, 0.15) is 31.5 Å². The highest BCUT2D eigenvalue weighted by Crippen LogP contribution is 2.21. The summed E-state index contributed by atoms with van der Waals surface area (Å²) in [7, 11) is 0. The van der Waals surface area contributed by atoms with Crippen LogP contribution in [0.3, 0.4) is 0 Å². The Kier molecular flexibility index (Phi) is 9.22. The number of likely N-dealkylation sites (tertiary alicyclic amines) is 1. The molecule has 0 bridgehead atoms. The lowest BCUT2D eigenvalue weighted by Gasteiger charge is -2.23. The molecule has 1 saturated heterocycles. The van der Waals surface area contributed by atoms with Crippen LogP contribution in [-0.2, 0) is 22.7 Å². The molecule has 9 heteroatoms. The largest absolute Gasteiger partial charge is 0.443 e. The first-order chi connectivity index (χ1) is 15.8. The predicted molar refractivity (Wildman–Crippen MR) is 128 cm³/mol. The smallest absolute Gasteiger partial charge is 0.408 e. The fourth-order valence-electron chi connectivity index (χ4n) is 3.80. The lowest BCUT2D eigenvalue weighted by molar-refractivity contribution is -0.124. The standard InChI is InChI=1S/C24H31BrN4O4/c1-16(2)11-20(28-24(32)33-15-18-8-5-6-10-26-18)23(31)27-21-13-29(14-22(21)30)12-17-7-3-4-9-19(17)25/h3-10,16,20-22,30H,11-15H2,1-2H3,(H,27,31)(H,28,32)/t20-,21?,22?/m0/s1. The van der Waals surface area contributed by atoms with E-state index in [1.165, 1.54) is 0 Å². The Morgan fingerprint density at radius 2 is 1.97 bits per heavy atom. The van der Waals surface area contributed by atoms with Crippen LogP contribution in [0.2, 0.25) is 0 Å². The van der Waals surface area contributed by atoms with Crippen molar-refractivity contribution in [1.82, 2.24) is 20.5 Å². The summed E-state index contributed by atoms with van der Waals surface area (Å²) in [4.78, 5) is 31.5. The topological polar surface area (TPSA) is 104 Å². The van der Waals surface area contributed by atoms with Gasteiger partial charge in [-0.15, -0.1) is 0 Å². The summed E-state index contributed by atoms with van der Waals surface area (Å²) in [5.41, 5.74) is 1.74. The number of hydrogen-bond acceptors (Lipinski definition) is 6. The monoisotopic (exact) mass is 518 g/mol. The van der Waals surface area contributed by atoms with E-state index in [4.69, 9.17) is 4.74 Å². The minimum Gasteiger partial charge on any atom is -0.443 e. The van der Waals surface area contributed by atoms with Crippen LogP contribution in [-0.4, -0.2) is 58.3 Å². The molecule has 3 rings (SSSR count). The van der Waals surface area contributed by atoms with E-state index in [9.17, 15) is 14.7 Å². The van der Waals surface area contributed by atoms with E-state index in [0.717, 1.165) is 10.0 Å². The number of nitrogens with one attached hydrogen (secondary N) is 2. The molecule has 0 saturated carbocycles. The second-order valence-electron chi connectivity index (χ2n) is 8.69. The number of aliphatic hydroxyl groups is 1. The molecular weight excluding hydrogens is 488 g/mol. The van der Waals surface area contributed by atoms with Gasteiger partial charge in [-0.2, -0.15) is 0 Å². The van der Waals surface area contributed by atoms with Crippen molar-refractivity contribution in [1.29, 1.82) is 0 Å². The van der Waals surface area contributed by atoms with Gasteiger partial charge in [0.1, 0.15) is 12.6 Å². The fourth-order valence-corrected chi connectivity index (χ4v) is 4.21. The highest BCUT2D eigenvalue weighted by Gasteiger charge is 2.34. The first kappa shape index (κ1) is 25.1. The molecule has 2 heterocycles. The van der Waals surface area contributed by atoms with Crippen LogP contribution < -0.4 is 10.6 Å². The van der Waals surface area contributed by atoms with E-state index in [0.29, 0.717) is 31.7 Å². The second kappa shape index (κ2) is 12.1. The number of alkyl carbamates (subject to hydrolysis) is 1. The average molecular weight is 519 g/mol. The van der Waals surface area contributed by atoms with Crippen LogP contribution in [0.15, 0.2) is 53.1 Å². The number of hydrogen-bond donors (Lipinski definition) is 3. The molecule has 1 fully saturated rings. The number of aliphatic hydroxyl groups excluding tert-OH is 1. The zero-order chi connectivity index (χ0) is 23.8. The third-order valence-corrected chi connectivity index (χ3v) is 6.21. The minimum absolute atomic E-state index is 0.0219. The number of pyridine rings is 1. The Labute approximate surface area is 202 Å². The molecule has 3 N–H and O–H groups in total. The Morgan fingerprint density at radius 1 is 1.21 bits per heavy atom. The van der Waals surface area contributed by atoms with Crippen molar-refractivity contribution in [3.63, 3.8) is 0 Å². The van der Waals surface area contributed by atoms with Gasteiger partial charge in [0, 0.05) is 30.3 Å². The van der Waals surface area contributed by atoms with Gasteiger partial charge in [0.2, 0.25) is 5.91 Å². The summed E-state index contributed by atoms with van der Waals surface area (Å²) in [5.74, 6) is -0.150. The molecule has 0 aliphatic carbocycles. The highest BCUT2D eigenvalue weighted by molar-refractivity contribution is 9.10. The summed E-state index contributed by atoms with van der Waals surface area (Å²) in [6.45, 7) is 5.62. The maximum atomic E-state index is 13.0. The molecule has 178 valence electrons. The van der Waals surface area contributed by atoms with Gasteiger partial charge >= 0.3 is 6.09 Å². The molecule has 1 aliphatic heterocycles. The van der Waals surface area contributed by atoms with Gasteiger partial charge in [-0.25, -0.2) is 4.79 Å². The fraction of sp³-hybridized carbons (Fsp3) is 0.458. The van der Waals surface area contributed by atoms with Crippen molar-refractivity contribution in [2.45, 2.75) is 51.6 Å². The maximum Gasteiger partial charge on any atom is 0.408 e. The van der Waals surface area contributed by atoms with Gasteiger partial charge in [-0.1, -0.05) is 54.0 Å². The molecule has 33 heavy (non-hydrogen) atoms. The Hall–Kier alpha value is -2.49. The molecule has 0 spiro atoms. The number of β-amino-alcohol motifs (C(OH)–C–C–N with tert-alkyl or cyclic N) is 1. The molecule has 8 nitrogen and oxygen atoms in total. The van der Waals surface area contributed by atoms with E-state index in [-0.39, 0.29) is 18.4 Å². The van der Waals surface area contributed by atoms with Crippen LogP contribution in [0.25, 0.3) is 0 Å². The molecular formula is C24H31BrN4O4. The highest BCUT2D eigenvalue weighted by atomic mass is 79.9. The molecule has 3 atom stereocenters. The van der Waals surface area contributed by atoms with E-state index < -0.39 is 24.3 Å². The van der Waals surface area contributed by atoms with Crippen molar-refractivity contribution >= 4 is 27.9 Å². The number of rotatable bonds is 9. The third kappa shape index (κ3) is 7.80. The number of aromatic nitrogens is 1. The molecule has 0 radical (unpaired) electrons. The number of benzene rings is 1. The minimum atomic E-state index is -0.759. The van der Waals surface area contributed by atoms with Gasteiger partial charge in [0.25, 0.3) is 0 Å². The first-order valence-electron chi connectivity index (χ1n) is 11.1. The Morgan fingerprint density at radius 3 is 2.67 bits per heavy atom. The quantitative estimate of drug-likeness (QED) is 0.471. The zero-order valence-electron chi connectivity index (χ0n) is 18.9. The van der Waals surface area contributed by atoms with Crippen LogP contribution in [0, 0.1) is 5.92 Å². The molecule has 1 aliphatic rings. The van der Waals surface area contributed by atoms with Crippen LogP contribution in [0.4, 0.5) is 4.79 Å². The number of halogens is 1. The second-order valence-corrected chi connectivity index (χ2v) is 9.55. The van der Waals surface area contributed by atoms with Gasteiger partial charge in [0.05, 0.1) is 17.8 Å². The third-order valence-electron chi connectivity index (χ3n) is 5.44. The Balaban J connectivity index is 1.54. The average Bonchev–Trinajstić information content (AvgIpc) is 3.12. The van der Waals surface area contributed by atoms with Gasteiger partial charge in [0.15, 0.2) is 0 Å². The normalized spacial score (nSPS) is 19.3. The number of ether oxygens (including phenoxy) is 1. The molecule has 2 unspecified atom stereocenters. The molecule has 2 amide bonds. The molecule has 1 aromatic heterocycles. The van der Waals surface area contributed by atoms with Gasteiger partial charge < -0.3 is 20.5 Å². The van der Waals surface area contributed by atoms with Crippen molar-refractivity contribution in [2.24, 2.45) is 5.92 Å². The van der Waals surface area contributed by atoms with E-state index in [1.54, 1.807) is 18.3 Å². The van der Waals surface area contributed by atoms with Crippen LogP contribution in [0.5, 0.6) is 0 Å². The van der Waals surface area contributed by atoms with E-state index in [1.807, 2.05) is 44.2 Å². The predicted octanol–water partition coefficient (Wildman–Crippen LogP) is 2.85. The molecule has 1 aromatic carbocycles.